The Bertz CT molecular complexity index is 390. The van der Waals surface area contributed by atoms with Gasteiger partial charge in [0.1, 0.15) is 6.61 Å². The number of alkyl halides is 3. The Hall–Kier alpha value is -1.07. The van der Waals surface area contributed by atoms with Crippen LogP contribution >= 0.6 is 0 Å². The normalized spacial score (nSPS) is 13.7. The maximum Gasteiger partial charge on any atom is 0.411 e. The van der Waals surface area contributed by atoms with Crippen molar-refractivity contribution >= 4 is 0 Å². The van der Waals surface area contributed by atoms with Crippen molar-refractivity contribution in [2.24, 2.45) is 5.73 Å². The molecule has 0 spiro atoms. The van der Waals surface area contributed by atoms with Crippen LogP contribution in [0.5, 0.6) is 0 Å². The quantitative estimate of drug-likeness (QED) is 0.884. The van der Waals surface area contributed by atoms with Crippen molar-refractivity contribution in [2.75, 3.05) is 13.2 Å². The first-order chi connectivity index (χ1) is 8.28. The summed E-state index contributed by atoms with van der Waals surface area (Å²) in [5.41, 5.74) is 9.02. The van der Waals surface area contributed by atoms with Crippen LogP contribution in [0.3, 0.4) is 0 Å². The summed E-state index contributed by atoms with van der Waals surface area (Å²) in [5.74, 6) is 0. The van der Waals surface area contributed by atoms with Crippen LogP contribution in [0.2, 0.25) is 0 Å². The van der Waals surface area contributed by atoms with E-state index in [4.69, 9.17) is 5.73 Å². The van der Waals surface area contributed by atoms with Crippen molar-refractivity contribution in [3.63, 3.8) is 0 Å². The largest absolute Gasteiger partial charge is 0.411 e. The lowest BCUT2D eigenvalue weighted by molar-refractivity contribution is -0.174. The summed E-state index contributed by atoms with van der Waals surface area (Å²) in [6.07, 6.45) is -3.77. The number of hydrogen-bond acceptors (Lipinski definition) is 2. The Morgan fingerprint density at radius 2 is 1.94 bits per heavy atom. The molecule has 0 aliphatic heterocycles. The zero-order valence-electron chi connectivity index (χ0n) is 10.6. The molecule has 1 aromatic rings. The van der Waals surface area contributed by atoms with Gasteiger partial charge in [-0.25, -0.2) is 0 Å². The van der Waals surface area contributed by atoms with Crippen LogP contribution in [-0.4, -0.2) is 25.4 Å². The third kappa shape index (κ3) is 5.51. The number of nitrogens with two attached hydrogens (primary N) is 1. The minimum absolute atomic E-state index is 0.0904. The van der Waals surface area contributed by atoms with Gasteiger partial charge in [0, 0.05) is 6.04 Å². The van der Waals surface area contributed by atoms with E-state index in [0.29, 0.717) is 6.42 Å². The van der Waals surface area contributed by atoms with Crippen LogP contribution in [0.1, 0.15) is 16.7 Å². The number of ether oxygens (including phenoxy) is 1. The molecule has 18 heavy (non-hydrogen) atoms. The highest BCUT2D eigenvalue weighted by molar-refractivity contribution is 5.31. The van der Waals surface area contributed by atoms with Crippen molar-refractivity contribution < 1.29 is 17.9 Å². The Kier molecular flexibility index (Phi) is 5.16. The van der Waals surface area contributed by atoms with Crippen LogP contribution < -0.4 is 5.73 Å². The molecule has 5 heteroatoms. The van der Waals surface area contributed by atoms with Gasteiger partial charge in [0.2, 0.25) is 0 Å². The molecule has 2 N–H and O–H groups in total. The van der Waals surface area contributed by atoms with Gasteiger partial charge in [-0.1, -0.05) is 23.8 Å². The topological polar surface area (TPSA) is 35.2 Å². The smallest absolute Gasteiger partial charge is 0.370 e. The van der Waals surface area contributed by atoms with Crippen LogP contribution in [0, 0.1) is 13.8 Å². The van der Waals surface area contributed by atoms with Crippen molar-refractivity contribution in [3.8, 4) is 0 Å². The van der Waals surface area contributed by atoms with Crippen molar-refractivity contribution in [1.29, 1.82) is 0 Å². The van der Waals surface area contributed by atoms with E-state index in [1.165, 1.54) is 0 Å². The molecule has 2 nitrogen and oxygen atoms in total. The van der Waals surface area contributed by atoms with Crippen molar-refractivity contribution in [3.05, 3.63) is 34.9 Å². The average Bonchev–Trinajstić information content (AvgIpc) is 2.21. The first kappa shape index (κ1) is 15.0. The number of benzene rings is 1. The van der Waals surface area contributed by atoms with Crippen molar-refractivity contribution in [2.45, 2.75) is 32.5 Å². The van der Waals surface area contributed by atoms with E-state index in [-0.39, 0.29) is 6.61 Å². The van der Waals surface area contributed by atoms with Gasteiger partial charge in [-0.05, 0) is 31.4 Å². The molecule has 0 saturated heterocycles. The molecule has 0 aliphatic rings. The molecule has 0 fully saturated rings. The van der Waals surface area contributed by atoms with Gasteiger partial charge in [-0.3, -0.25) is 0 Å². The number of rotatable bonds is 5. The lowest BCUT2D eigenvalue weighted by atomic mass is 10.00. The summed E-state index contributed by atoms with van der Waals surface area (Å²) in [6, 6.07) is 5.55. The van der Waals surface area contributed by atoms with Gasteiger partial charge in [0.15, 0.2) is 0 Å². The maximum absolute atomic E-state index is 11.9. The van der Waals surface area contributed by atoms with Crippen LogP contribution in [0.25, 0.3) is 0 Å². The summed E-state index contributed by atoms with van der Waals surface area (Å²) < 4.78 is 40.2. The molecule has 0 saturated carbocycles. The first-order valence-corrected chi connectivity index (χ1v) is 5.74. The first-order valence-electron chi connectivity index (χ1n) is 5.74. The molecular weight excluding hydrogens is 243 g/mol. The summed E-state index contributed by atoms with van der Waals surface area (Å²) in [7, 11) is 0. The third-order valence-corrected chi connectivity index (χ3v) is 2.58. The van der Waals surface area contributed by atoms with Gasteiger partial charge >= 0.3 is 6.18 Å². The summed E-state index contributed by atoms with van der Waals surface area (Å²) in [6.45, 7) is 2.59. The molecule has 1 rings (SSSR count). The zero-order chi connectivity index (χ0) is 13.8. The highest BCUT2D eigenvalue weighted by Crippen LogP contribution is 2.15. The van der Waals surface area contributed by atoms with Gasteiger partial charge in [0.25, 0.3) is 0 Å². The van der Waals surface area contributed by atoms with Crippen molar-refractivity contribution in [1.82, 2.24) is 0 Å². The number of aryl methyl sites for hydroxylation is 2. The average molecular weight is 261 g/mol. The fraction of sp³-hybridized carbons (Fsp3) is 0.538. The minimum Gasteiger partial charge on any atom is -0.370 e. The number of halogens is 3. The fourth-order valence-corrected chi connectivity index (χ4v) is 1.69. The van der Waals surface area contributed by atoms with E-state index in [1.54, 1.807) is 0 Å². The van der Waals surface area contributed by atoms with E-state index < -0.39 is 18.8 Å². The van der Waals surface area contributed by atoms with E-state index in [9.17, 15) is 13.2 Å². The predicted octanol–water partition coefficient (Wildman–Crippen LogP) is 2.75. The Morgan fingerprint density at radius 3 is 2.56 bits per heavy atom. The standard InChI is InChI=1S/C13H18F3NO/c1-9-3-4-10(2)11(5-9)6-12(17)7-18-8-13(14,15)16/h3-5,12H,6-8,17H2,1-2H3. The molecule has 1 aromatic carbocycles. The van der Waals surface area contributed by atoms with Crippen LogP contribution in [0.4, 0.5) is 13.2 Å². The second-order valence-electron chi connectivity index (χ2n) is 4.52. The van der Waals surface area contributed by atoms with Gasteiger partial charge < -0.3 is 10.5 Å². The molecule has 0 amide bonds. The van der Waals surface area contributed by atoms with E-state index >= 15 is 0 Å². The minimum atomic E-state index is -4.29. The third-order valence-electron chi connectivity index (χ3n) is 2.58. The van der Waals surface area contributed by atoms with Gasteiger partial charge in [-0.2, -0.15) is 13.2 Å². The monoisotopic (exact) mass is 261 g/mol. The van der Waals surface area contributed by atoms with E-state index in [1.807, 2.05) is 32.0 Å². The number of hydrogen-bond donors (Lipinski definition) is 1. The molecule has 0 bridgehead atoms. The van der Waals surface area contributed by atoms with E-state index in [2.05, 4.69) is 4.74 Å². The molecule has 1 unspecified atom stereocenters. The molecule has 0 radical (unpaired) electrons. The Labute approximate surface area is 105 Å². The molecule has 1 atom stereocenters. The molecule has 0 aliphatic carbocycles. The van der Waals surface area contributed by atoms with Gasteiger partial charge in [0.05, 0.1) is 6.61 Å². The molecule has 0 heterocycles. The SMILES string of the molecule is Cc1ccc(C)c(CC(N)COCC(F)(F)F)c1. The molecule has 0 aromatic heterocycles. The second kappa shape index (κ2) is 6.20. The highest BCUT2D eigenvalue weighted by Gasteiger charge is 2.27. The van der Waals surface area contributed by atoms with E-state index in [0.717, 1.165) is 16.7 Å². The summed E-state index contributed by atoms with van der Waals surface area (Å²) >= 11 is 0. The van der Waals surface area contributed by atoms with Crippen LogP contribution in [0.15, 0.2) is 18.2 Å². The second-order valence-corrected chi connectivity index (χ2v) is 4.52. The molecule has 102 valence electrons. The summed E-state index contributed by atoms with van der Waals surface area (Å²) in [4.78, 5) is 0. The van der Waals surface area contributed by atoms with Gasteiger partial charge in [-0.15, -0.1) is 0 Å². The zero-order valence-corrected chi connectivity index (χ0v) is 10.6. The predicted molar refractivity (Wildman–Crippen MR) is 64.5 cm³/mol. The Balaban J connectivity index is 2.44. The lowest BCUT2D eigenvalue weighted by Gasteiger charge is -2.15. The maximum atomic E-state index is 11.9. The summed E-state index contributed by atoms with van der Waals surface area (Å²) in [5, 5.41) is 0. The highest BCUT2D eigenvalue weighted by atomic mass is 19.4. The Morgan fingerprint density at radius 1 is 1.28 bits per heavy atom. The van der Waals surface area contributed by atoms with Crippen LogP contribution in [-0.2, 0) is 11.2 Å². The fourth-order valence-electron chi connectivity index (χ4n) is 1.69. The molecular formula is C13H18F3NO. The lowest BCUT2D eigenvalue weighted by Crippen LogP contribution is -2.31.